The number of fused-ring (bicyclic) bond motifs is 2. The van der Waals surface area contributed by atoms with Gasteiger partial charge in [0.05, 0.1) is 12.6 Å². The summed E-state index contributed by atoms with van der Waals surface area (Å²) in [6.07, 6.45) is 1.99. The molecular weight excluding hydrogens is 301 g/mol. The van der Waals surface area contributed by atoms with E-state index >= 15 is 0 Å². The van der Waals surface area contributed by atoms with Crippen molar-refractivity contribution >= 4 is 22.3 Å². The number of amides is 3. The van der Waals surface area contributed by atoms with Crippen LogP contribution in [0.25, 0.3) is 0 Å². The summed E-state index contributed by atoms with van der Waals surface area (Å²) < 4.78 is 35.9. The Labute approximate surface area is 137 Å². The van der Waals surface area contributed by atoms with Crippen molar-refractivity contribution in [3.63, 3.8) is 0 Å². The zero-order valence-electron chi connectivity index (χ0n) is 11.0. The number of carbonyl (C=O) groups excluding carboxylic acids is 2. The minimum Gasteiger partial charge on any atom is -0.724 e. The summed E-state index contributed by atoms with van der Waals surface area (Å²) in [5.74, 6) is -0.716. The van der Waals surface area contributed by atoms with Gasteiger partial charge in [-0.2, -0.15) is 9.35 Å². The van der Waals surface area contributed by atoms with Crippen LogP contribution in [-0.2, 0) is 19.5 Å². The third-order valence-corrected chi connectivity index (χ3v) is 3.38. The summed E-state index contributed by atoms with van der Waals surface area (Å²) in [6, 6.07) is -2.52. The van der Waals surface area contributed by atoms with Crippen molar-refractivity contribution in [3.05, 3.63) is 11.6 Å². The van der Waals surface area contributed by atoms with E-state index in [1.165, 1.54) is 6.08 Å². The summed E-state index contributed by atoms with van der Waals surface area (Å²) in [5.41, 5.74) is 5.83. The van der Waals surface area contributed by atoms with Crippen molar-refractivity contribution in [2.75, 3.05) is 6.54 Å². The first-order valence-corrected chi connectivity index (χ1v) is 6.83. The molecule has 2 rings (SSSR count). The molecule has 2 aliphatic heterocycles. The van der Waals surface area contributed by atoms with Crippen LogP contribution in [0.3, 0.4) is 0 Å². The second-order valence-electron chi connectivity index (χ2n) is 4.21. The van der Waals surface area contributed by atoms with E-state index in [4.69, 9.17) is 5.73 Å². The number of rotatable bonds is 4. The van der Waals surface area contributed by atoms with Crippen molar-refractivity contribution in [1.29, 1.82) is 0 Å². The molecular formula is C9H12N3NaO6S. The standard InChI is InChI=1S/C9H13N3O6S.Na/c1-2-5-3-6-4-11(7(5)8(10)13)9(14)12(6)18-19(15,16)17;/h3,6-7H,2,4H2,1H3,(H2,10,13)(H,15,16,17);/q;+1/p-1/t6-,7-;/m0./s1. The first-order chi connectivity index (χ1) is 8.74. The van der Waals surface area contributed by atoms with E-state index in [2.05, 4.69) is 4.28 Å². The Balaban J connectivity index is 0.00000200. The molecule has 0 aliphatic carbocycles. The molecule has 2 N–H and O–H groups in total. The Bertz CT molecular complexity index is 562. The van der Waals surface area contributed by atoms with Crippen molar-refractivity contribution in [1.82, 2.24) is 9.96 Å². The van der Waals surface area contributed by atoms with Gasteiger partial charge in [-0.05, 0) is 12.0 Å². The molecule has 2 atom stereocenters. The van der Waals surface area contributed by atoms with Gasteiger partial charge in [0.25, 0.3) is 0 Å². The fourth-order valence-corrected chi connectivity index (χ4v) is 2.70. The zero-order chi connectivity index (χ0) is 14.4. The van der Waals surface area contributed by atoms with Crippen LogP contribution in [0.5, 0.6) is 0 Å². The molecule has 106 valence electrons. The minimum absolute atomic E-state index is 0. The predicted octanol–water partition coefficient (Wildman–Crippen LogP) is -4.31. The van der Waals surface area contributed by atoms with Gasteiger partial charge in [0.2, 0.25) is 16.3 Å². The monoisotopic (exact) mass is 313 g/mol. The van der Waals surface area contributed by atoms with Gasteiger partial charge in [-0.1, -0.05) is 13.0 Å². The summed E-state index contributed by atoms with van der Waals surface area (Å²) in [4.78, 5) is 24.4. The SMILES string of the molecule is CCC1=C[C@H]2CN(C(=O)N2OS(=O)(=O)[O-])[C@@H]1C(N)=O.[Na+]. The summed E-state index contributed by atoms with van der Waals surface area (Å²) >= 11 is 0. The maximum Gasteiger partial charge on any atom is 1.00 e. The van der Waals surface area contributed by atoms with Gasteiger partial charge >= 0.3 is 35.6 Å². The molecule has 0 aromatic carbocycles. The van der Waals surface area contributed by atoms with Gasteiger partial charge in [0.1, 0.15) is 6.04 Å². The molecule has 11 heteroatoms. The number of carbonyl (C=O) groups is 2. The van der Waals surface area contributed by atoms with Crippen molar-refractivity contribution in [3.8, 4) is 0 Å². The molecule has 20 heavy (non-hydrogen) atoms. The molecule has 0 aromatic rings. The second kappa shape index (κ2) is 6.00. The molecule has 0 unspecified atom stereocenters. The Hall–Kier alpha value is -0.650. The van der Waals surface area contributed by atoms with Crippen LogP contribution in [0.15, 0.2) is 11.6 Å². The largest absolute Gasteiger partial charge is 1.00 e. The van der Waals surface area contributed by atoms with Crippen LogP contribution in [-0.4, -0.2) is 53.5 Å². The summed E-state index contributed by atoms with van der Waals surface area (Å²) in [7, 11) is -5.06. The Morgan fingerprint density at radius 2 is 2.20 bits per heavy atom. The third kappa shape index (κ3) is 3.15. The number of hydrogen-bond acceptors (Lipinski definition) is 6. The second-order valence-corrected chi connectivity index (χ2v) is 5.18. The van der Waals surface area contributed by atoms with Gasteiger partial charge in [-0.25, -0.2) is 13.2 Å². The van der Waals surface area contributed by atoms with Crippen LogP contribution in [0.1, 0.15) is 13.3 Å². The van der Waals surface area contributed by atoms with Crippen LogP contribution in [0.4, 0.5) is 4.79 Å². The maximum absolute atomic E-state index is 11.9. The number of primary amides is 1. The van der Waals surface area contributed by atoms with Gasteiger partial charge in [-0.3, -0.25) is 4.79 Å². The normalized spacial score (nSPS) is 25.3. The average molecular weight is 313 g/mol. The Kier molecular flexibility index (Phi) is 5.22. The Morgan fingerprint density at radius 1 is 1.60 bits per heavy atom. The maximum atomic E-state index is 11.9. The number of hydrogen-bond donors (Lipinski definition) is 1. The molecule has 3 amide bonds. The molecule has 1 fully saturated rings. The number of nitrogens with two attached hydrogens (primary N) is 1. The number of urea groups is 1. The third-order valence-electron chi connectivity index (χ3n) is 3.04. The topological polar surface area (TPSA) is 133 Å². The number of nitrogens with zero attached hydrogens (tertiary/aromatic N) is 2. The molecule has 0 saturated carbocycles. The van der Waals surface area contributed by atoms with Gasteiger partial charge < -0.3 is 15.2 Å². The van der Waals surface area contributed by atoms with Gasteiger partial charge in [0, 0.05) is 0 Å². The minimum atomic E-state index is -5.06. The fourth-order valence-electron chi connectivity index (χ4n) is 2.33. The first-order valence-electron chi connectivity index (χ1n) is 5.49. The van der Waals surface area contributed by atoms with E-state index in [9.17, 15) is 22.6 Å². The fraction of sp³-hybridized carbons (Fsp3) is 0.556. The molecule has 2 aliphatic rings. The van der Waals surface area contributed by atoms with E-state index in [1.54, 1.807) is 6.92 Å². The van der Waals surface area contributed by atoms with E-state index in [0.717, 1.165) is 4.90 Å². The first kappa shape index (κ1) is 17.4. The molecule has 9 nitrogen and oxygen atoms in total. The molecule has 1 saturated heterocycles. The molecule has 0 radical (unpaired) electrons. The van der Waals surface area contributed by atoms with Crippen LogP contribution >= 0.6 is 0 Å². The number of hydroxylamine groups is 2. The molecule has 2 heterocycles. The Morgan fingerprint density at radius 3 is 2.65 bits per heavy atom. The molecule has 0 aromatic heterocycles. The van der Waals surface area contributed by atoms with Crippen LogP contribution < -0.4 is 35.3 Å². The van der Waals surface area contributed by atoms with Crippen LogP contribution in [0, 0.1) is 0 Å². The quantitative estimate of drug-likeness (QED) is 0.241. The molecule has 2 bridgehead atoms. The van der Waals surface area contributed by atoms with Crippen molar-refractivity contribution < 1.29 is 56.4 Å². The van der Waals surface area contributed by atoms with Crippen molar-refractivity contribution in [2.45, 2.75) is 25.4 Å². The van der Waals surface area contributed by atoms with E-state index in [-0.39, 0.29) is 36.1 Å². The van der Waals surface area contributed by atoms with E-state index < -0.39 is 34.4 Å². The smallest absolute Gasteiger partial charge is 0.724 e. The van der Waals surface area contributed by atoms with E-state index in [0.29, 0.717) is 17.1 Å². The summed E-state index contributed by atoms with van der Waals surface area (Å²) in [5, 5.41) is 0.459. The van der Waals surface area contributed by atoms with E-state index in [1.807, 2.05) is 0 Å². The van der Waals surface area contributed by atoms with Crippen LogP contribution in [0.2, 0.25) is 0 Å². The predicted molar refractivity (Wildman–Crippen MR) is 59.9 cm³/mol. The summed E-state index contributed by atoms with van der Waals surface area (Å²) in [6.45, 7) is 1.82. The average Bonchev–Trinajstić information content (AvgIpc) is 2.52. The van der Waals surface area contributed by atoms with Crippen molar-refractivity contribution in [2.24, 2.45) is 5.73 Å². The molecule has 0 spiro atoms. The zero-order valence-corrected chi connectivity index (χ0v) is 13.8. The van der Waals surface area contributed by atoms with Gasteiger partial charge in [0.15, 0.2) is 0 Å². The van der Waals surface area contributed by atoms with Gasteiger partial charge in [-0.15, -0.1) is 0 Å².